The Morgan fingerprint density at radius 1 is 1.24 bits per heavy atom. The first kappa shape index (κ1) is 14.1. The van der Waals surface area contributed by atoms with Gasteiger partial charge in [0.15, 0.2) is 0 Å². The molecule has 0 aliphatic heterocycles. The molecule has 3 rings (SSSR count). The van der Waals surface area contributed by atoms with Gasteiger partial charge in [0.2, 0.25) is 5.88 Å². The van der Waals surface area contributed by atoms with Crippen molar-refractivity contribution in [1.82, 2.24) is 4.98 Å². The van der Waals surface area contributed by atoms with Crippen molar-refractivity contribution in [2.24, 2.45) is 0 Å². The first-order chi connectivity index (χ1) is 10.3. The molecule has 1 N–H and O–H groups in total. The van der Waals surface area contributed by atoms with Crippen molar-refractivity contribution in [1.29, 1.82) is 0 Å². The molecule has 5 heteroatoms. The van der Waals surface area contributed by atoms with E-state index in [1.807, 2.05) is 19.1 Å². The molecule has 0 radical (unpaired) electrons. The summed E-state index contributed by atoms with van der Waals surface area (Å²) in [5.74, 6) is 0.666. The molecule has 3 heterocycles. The molecule has 3 aromatic heterocycles. The summed E-state index contributed by atoms with van der Waals surface area (Å²) in [4.78, 5) is 6.88. The summed E-state index contributed by atoms with van der Waals surface area (Å²) in [6.45, 7) is 3.40. The van der Waals surface area contributed by atoms with Crippen LogP contribution in [0.5, 0.6) is 5.88 Å². The van der Waals surface area contributed by atoms with Crippen LogP contribution in [0.4, 0.5) is 5.69 Å². The highest BCUT2D eigenvalue weighted by Gasteiger charge is 2.03. The monoisotopic (exact) mass is 316 g/mol. The van der Waals surface area contributed by atoms with Crippen molar-refractivity contribution in [2.75, 3.05) is 11.9 Å². The number of anilines is 1. The average Bonchev–Trinajstić information content (AvgIpc) is 3.18. The molecule has 108 valence electrons. The van der Waals surface area contributed by atoms with E-state index in [4.69, 9.17) is 4.74 Å². The molecule has 21 heavy (non-hydrogen) atoms. The Hall–Kier alpha value is -1.85. The highest BCUT2D eigenvalue weighted by atomic mass is 32.1. The van der Waals surface area contributed by atoms with Crippen LogP contribution in [0, 0.1) is 0 Å². The predicted molar refractivity (Wildman–Crippen MR) is 90.4 cm³/mol. The van der Waals surface area contributed by atoms with E-state index in [-0.39, 0.29) is 0 Å². The van der Waals surface area contributed by atoms with Crippen LogP contribution in [-0.4, -0.2) is 11.6 Å². The molecule has 0 aliphatic carbocycles. The van der Waals surface area contributed by atoms with Crippen LogP contribution in [0.25, 0.3) is 10.4 Å². The largest absolute Gasteiger partial charge is 0.478 e. The van der Waals surface area contributed by atoms with Crippen molar-refractivity contribution in [3.63, 3.8) is 0 Å². The number of ether oxygens (including phenoxy) is 1. The first-order valence-electron chi connectivity index (χ1n) is 6.79. The van der Waals surface area contributed by atoms with Gasteiger partial charge in [-0.3, -0.25) is 0 Å². The first-order valence-corrected chi connectivity index (χ1v) is 8.55. The van der Waals surface area contributed by atoms with Gasteiger partial charge >= 0.3 is 0 Å². The maximum absolute atomic E-state index is 5.33. The Labute approximate surface area is 132 Å². The van der Waals surface area contributed by atoms with Gasteiger partial charge in [-0.05, 0) is 35.9 Å². The van der Waals surface area contributed by atoms with Crippen molar-refractivity contribution in [2.45, 2.75) is 13.5 Å². The summed E-state index contributed by atoms with van der Waals surface area (Å²) in [7, 11) is 0. The number of hydrogen-bond donors (Lipinski definition) is 1. The number of aromatic nitrogens is 1. The fraction of sp³-hybridized carbons (Fsp3) is 0.188. The van der Waals surface area contributed by atoms with E-state index in [2.05, 4.69) is 39.3 Å². The lowest BCUT2D eigenvalue weighted by molar-refractivity contribution is 0.327. The second-order valence-electron chi connectivity index (χ2n) is 4.45. The standard InChI is InChI=1S/C16H16N2OS2/c1-2-19-16-6-5-13(9-18-16)17-10-14-8-12(11-21-14)15-4-3-7-20-15/h3-9,11,17H,2,10H2,1H3. The minimum atomic E-state index is 0.639. The van der Waals surface area contributed by atoms with Gasteiger partial charge in [-0.1, -0.05) is 6.07 Å². The second-order valence-corrected chi connectivity index (χ2v) is 6.39. The van der Waals surface area contributed by atoms with Gasteiger partial charge < -0.3 is 10.1 Å². The van der Waals surface area contributed by atoms with Crippen molar-refractivity contribution in [3.8, 4) is 16.3 Å². The number of pyridine rings is 1. The van der Waals surface area contributed by atoms with Gasteiger partial charge in [0.1, 0.15) is 0 Å². The van der Waals surface area contributed by atoms with E-state index >= 15 is 0 Å². The zero-order chi connectivity index (χ0) is 14.5. The van der Waals surface area contributed by atoms with E-state index in [0.717, 1.165) is 12.2 Å². The Kier molecular flexibility index (Phi) is 4.52. The summed E-state index contributed by atoms with van der Waals surface area (Å²) in [5, 5.41) is 7.70. The van der Waals surface area contributed by atoms with E-state index in [1.54, 1.807) is 28.9 Å². The van der Waals surface area contributed by atoms with Crippen LogP contribution >= 0.6 is 22.7 Å². The molecule has 0 saturated carbocycles. The van der Waals surface area contributed by atoms with Gasteiger partial charge in [0.25, 0.3) is 0 Å². The molecule has 0 aliphatic rings. The molecule has 0 atom stereocenters. The molecular weight excluding hydrogens is 300 g/mol. The maximum atomic E-state index is 5.33. The summed E-state index contributed by atoms with van der Waals surface area (Å²) in [6.07, 6.45) is 1.80. The van der Waals surface area contributed by atoms with Gasteiger partial charge in [-0.15, -0.1) is 22.7 Å². The quantitative estimate of drug-likeness (QED) is 0.703. The zero-order valence-corrected chi connectivity index (χ0v) is 13.3. The Bertz CT molecular complexity index is 675. The maximum Gasteiger partial charge on any atom is 0.213 e. The molecule has 0 amide bonds. The molecule has 0 saturated heterocycles. The summed E-state index contributed by atoms with van der Waals surface area (Å²) < 4.78 is 5.33. The van der Waals surface area contributed by atoms with Crippen LogP contribution in [0.1, 0.15) is 11.8 Å². The molecule has 0 unspecified atom stereocenters. The number of rotatable bonds is 6. The smallest absolute Gasteiger partial charge is 0.213 e. The summed E-state index contributed by atoms with van der Waals surface area (Å²) in [6, 6.07) is 10.4. The van der Waals surface area contributed by atoms with Crippen LogP contribution in [0.15, 0.2) is 47.3 Å². The second kappa shape index (κ2) is 6.74. The van der Waals surface area contributed by atoms with E-state index in [1.165, 1.54) is 15.3 Å². The van der Waals surface area contributed by atoms with Gasteiger partial charge in [0, 0.05) is 27.9 Å². The fourth-order valence-electron chi connectivity index (χ4n) is 1.95. The van der Waals surface area contributed by atoms with E-state index < -0.39 is 0 Å². The topological polar surface area (TPSA) is 34.1 Å². The van der Waals surface area contributed by atoms with Crippen molar-refractivity contribution >= 4 is 28.4 Å². The average molecular weight is 316 g/mol. The Balaban J connectivity index is 1.60. The third-order valence-corrected chi connectivity index (χ3v) is 4.81. The highest BCUT2D eigenvalue weighted by molar-refractivity contribution is 7.14. The fourth-order valence-corrected chi connectivity index (χ4v) is 3.57. The van der Waals surface area contributed by atoms with Gasteiger partial charge in [-0.2, -0.15) is 0 Å². The Morgan fingerprint density at radius 3 is 2.90 bits per heavy atom. The summed E-state index contributed by atoms with van der Waals surface area (Å²) in [5.41, 5.74) is 2.31. The third kappa shape index (κ3) is 3.62. The van der Waals surface area contributed by atoms with Gasteiger partial charge in [0.05, 0.1) is 18.5 Å². The zero-order valence-electron chi connectivity index (χ0n) is 11.7. The van der Waals surface area contributed by atoms with E-state index in [0.29, 0.717) is 12.5 Å². The van der Waals surface area contributed by atoms with Crippen LogP contribution in [0.2, 0.25) is 0 Å². The normalized spacial score (nSPS) is 10.5. The van der Waals surface area contributed by atoms with Crippen molar-refractivity contribution in [3.05, 3.63) is 52.2 Å². The highest BCUT2D eigenvalue weighted by Crippen LogP contribution is 2.29. The number of hydrogen-bond acceptors (Lipinski definition) is 5. The predicted octanol–water partition coefficient (Wildman–Crippen LogP) is 4.88. The van der Waals surface area contributed by atoms with E-state index in [9.17, 15) is 0 Å². The molecule has 0 aromatic carbocycles. The lowest BCUT2D eigenvalue weighted by Crippen LogP contribution is -1.99. The van der Waals surface area contributed by atoms with Crippen LogP contribution in [-0.2, 0) is 6.54 Å². The molecule has 3 aromatic rings. The van der Waals surface area contributed by atoms with Gasteiger partial charge in [-0.25, -0.2) is 4.98 Å². The molecular formula is C16H16N2OS2. The number of nitrogens with one attached hydrogen (secondary N) is 1. The lowest BCUT2D eigenvalue weighted by Gasteiger charge is -2.06. The molecule has 3 nitrogen and oxygen atoms in total. The molecule has 0 fully saturated rings. The third-order valence-electron chi connectivity index (χ3n) is 2.95. The van der Waals surface area contributed by atoms with Crippen molar-refractivity contribution < 1.29 is 4.74 Å². The summed E-state index contributed by atoms with van der Waals surface area (Å²) >= 11 is 3.55. The minimum Gasteiger partial charge on any atom is -0.478 e. The molecule has 0 spiro atoms. The molecule has 0 bridgehead atoms. The van der Waals surface area contributed by atoms with Crippen LogP contribution in [0.3, 0.4) is 0 Å². The lowest BCUT2D eigenvalue weighted by atomic mass is 10.2. The SMILES string of the molecule is CCOc1ccc(NCc2cc(-c3cccs3)cs2)cn1. The minimum absolute atomic E-state index is 0.639. The number of thiophene rings is 2. The number of nitrogens with zero attached hydrogens (tertiary/aromatic N) is 1. The van der Waals surface area contributed by atoms with Crippen LogP contribution < -0.4 is 10.1 Å². The Morgan fingerprint density at radius 2 is 2.19 bits per heavy atom.